The number of fused-ring (bicyclic) bond motifs is 7. The molecule has 2 aliphatic heterocycles. The Balaban J connectivity index is 1.02. The number of anilines is 3. The van der Waals surface area contributed by atoms with Gasteiger partial charge in [-0.1, -0.05) is 115 Å². The summed E-state index contributed by atoms with van der Waals surface area (Å²) in [5.74, 6) is 3.89. The fraction of sp³-hybridized carbons (Fsp3) is 0. The second-order valence-corrected chi connectivity index (χ2v) is 13.0. The van der Waals surface area contributed by atoms with Crippen LogP contribution in [0.2, 0.25) is 0 Å². The lowest BCUT2D eigenvalue weighted by atomic mass is 9.97. The summed E-state index contributed by atoms with van der Waals surface area (Å²) < 4.78 is 13.2. The lowest BCUT2D eigenvalue weighted by Gasteiger charge is -2.38. The summed E-state index contributed by atoms with van der Waals surface area (Å²) in [5.41, 5.74) is 8.90. The Morgan fingerprint density at radius 3 is 1.98 bits per heavy atom. The van der Waals surface area contributed by atoms with Gasteiger partial charge in [0.1, 0.15) is 5.69 Å². The Morgan fingerprint density at radius 2 is 1.12 bits per heavy atom. The SMILES string of the molecule is c1ccc(-c2nc(-c3ccc4cc(-c5cccc6c5Oc5cccc7c5N6c5cc6ccccc6cc5O7)ccc4c3)nc3ccccc23)cc1. The molecular formula is C46H27N3O2. The number of ether oxygens (including phenoxy) is 2. The van der Waals surface area contributed by atoms with Gasteiger partial charge in [-0.15, -0.1) is 0 Å². The van der Waals surface area contributed by atoms with Crippen molar-refractivity contribution in [2.45, 2.75) is 0 Å². The van der Waals surface area contributed by atoms with Gasteiger partial charge in [0.15, 0.2) is 28.8 Å². The van der Waals surface area contributed by atoms with Crippen molar-refractivity contribution < 1.29 is 9.47 Å². The summed E-state index contributed by atoms with van der Waals surface area (Å²) in [4.78, 5) is 12.4. The van der Waals surface area contributed by atoms with E-state index in [0.29, 0.717) is 5.82 Å². The average molecular weight is 654 g/mol. The van der Waals surface area contributed by atoms with E-state index in [4.69, 9.17) is 19.4 Å². The van der Waals surface area contributed by atoms with Crippen LogP contribution in [-0.4, -0.2) is 9.97 Å². The molecule has 0 fully saturated rings. The van der Waals surface area contributed by atoms with Gasteiger partial charge in [0.05, 0.1) is 22.6 Å². The predicted molar refractivity (Wildman–Crippen MR) is 206 cm³/mol. The molecule has 0 aliphatic carbocycles. The van der Waals surface area contributed by atoms with Crippen molar-refractivity contribution in [1.82, 2.24) is 9.97 Å². The van der Waals surface area contributed by atoms with Crippen molar-refractivity contribution in [2.75, 3.05) is 4.90 Å². The molecule has 2 aliphatic rings. The molecule has 0 bridgehead atoms. The molecule has 0 saturated heterocycles. The number of nitrogens with zero attached hydrogens (tertiary/aromatic N) is 3. The first-order valence-electron chi connectivity index (χ1n) is 17.1. The molecule has 0 spiro atoms. The fourth-order valence-corrected chi connectivity index (χ4v) is 7.56. The largest absolute Gasteiger partial charge is 0.453 e. The van der Waals surface area contributed by atoms with Crippen LogP contribution in [0.25, 0.3) is 66.2 Å². The summed E-state index contributed by atoms with van der Waals surface area (Å²) in [6, 6.07) is 56.7. The predicted octanol–water partition coefficient (Wildman–Crippen LogP) is 12.6. The van der Waals surface area contributed by atoms with Crippen LogP contribution in [0.4, 0.5) is 17.1 Å². The van der Waals surface area contributed by atoms with Crippen LogP contribution >= 0.6 is 0 Å². The molecule has 0 saturated carbocycles. The molecule has 1 aromatic heterocycles. The molecule has 5 heteroatoms. The minimum absolute atomic E-state index is 0.709. The highest BCUT2D eigenvalue weighted by atomic mass is 16.5. The van der Waals surface area contributed by atoms with Crippen molar-refractivity contribution in [3.8, 4) is 56.8 Å². The molecule has 0 atom stereocenters. The normalized spacial score (nSPS) is 12.6. The molecule has 9 aromatic rings. The zero-order valence-electron chi connectivity index (χ0n) is 27.2. The van der Waals surface area contributed by atoms with Crippen LogP contribution in [0, 0.1) is 0 Å². The van der Waals surface area contributed by atoms with Gasteiger partial charge in [0.25, 0.3) is 0 Å². The van der Waals surface area contributed by atoms with Crippen molar-refractivity contribution in [1.29, 1.82) is 0 Å². The van der Waals surface area contributed by atoms with Crippen LogP contribution in [0.5, 0.6) is 23.0 Å². The van der Waals surface area contributed by atoms with Gasteiger partial charge in [-0.25, -0.2) is 9.97 Å². The van der Waals surface area contributed by atoms with E-state index in [2.05, 4.69) is 120 Å². The van der Waals surface area contributed by atoms with E-state index in [1.165, 1.54) is 0 Å². The monoisotopic (exact) mass is 653 g/mol. The van der Waals surface area contributed by atoms with Gasteiger partial charge < -0.3 is 9.47 Å². The lowest BCUT2D eigenvalue weighted by molar-refractivity contribution is 0.447. The number of hydrogen-bond acceptors (Lipinski definition) is 5. The Labute approximate surface area is 293 Å². The van der Waals surface area contributed by atoms with E-state index in [1.54, 1.807) is 0 Å². The minimum Gasteiger partial charge on any atom is -0.453 e. The van der Waals surface area contributed by atoms with Crippen LogP contribution in [0.1, 0.15) is 0 Å². The van der Waals surface area contributed by atoms with E-state index in [0.717, 1.165) is 100 Å². The van der Waals surface area contributed by atoms with Crippen molar-refractivity contribution in [3.05, 3.63) is 164 Å². The molecule has 0 amide bonds. The Kier molecular flexibility index (Phi) is 5.89. The van der Waals surface area contributed by atoms with Crippen LogP contribution < -0.4 is 14.4 Å². The van der Waals surface area contributed by atoms with Gasteiger partial charge in [-0.2, -0.15) is 0 Å². The molecule has 5 nitrogen and oxygen atoms in total. The van der Waals surface area contributed by atoms with E-state index in [1.807, 2.05) is 48.5 Å². The quantitative estimate of drug-likeness (QED) is 0.190. The molecular weight excluding hydrogens is 627 g/mol. The highest BCUT2D eigenvalue weighted by Crippen LogP contribution is 2.61. The van der Waals surface area contributed by atoms with Gasteiger partial charge >= 0.3 is 0 Å². The molecule has 8 aromatic carbocycles. The van der Waals surface area contributed by atoms with E-state index in [-0.39, 0.29) is 0 Å². The summed E-state index contributed by atoms with van der Waals surface area (Å²) in [5, 5.41) is 5.58. The minimum atomic E-state index is 0.709. The first-order chi connectivity index (χ1) is 25.2. The maximum absolute atomic E-state index is 6.75. The highest BCUT2D eigenvalue weighted by Gasteiger charge is 2.35. The zero-order chi connectivity index (χ0) is 33.5. The highest BCUT2D eigenvalue weighted by molar-refractivity contribution is 6.01. The van der Waals surface area contributed by atoms with Gasteiger partial charge in [0.2, 0.25) is 0 Å². The summed E-state index contributed by atoms with van der Waals surface area (Å²) in [6.07, 6.45) is 0. The van der Waals surface area contributed by atoms with Crippen molar-refractivity contribution in [3.63, 3.8) is 0 Å². The van der Waals surface area contributed by atoms with Gasteiger partial charge in [-0.05, 0) is 75.6 Å². The van der Waals surface area contributed by atoms with E-state index in [9.17, 15) is 0 Å². The molecule has 3 heterocycles. The Hall–Kier alpha value is -6.98. The maximum atomic E-state index is 6.75. The van der Waals surface area contributed by atoms with Crippen LogP contribution in [0.3, 0.4) is 0 Å². The molecule has 11 rings (SSSR count). The standard InChI is InChI=1S/C46H27N3O2/c1-2-10-28(11-3-1)43-36-14-6-7-16-37(36)47-46(48-43)34-23-21-31-24-33(22-20-32(31)25-34)35-15-8-17-38-45(35)51-41-19-9-18-40-44(41)49(38)39-26-29-12-4-5-13-30(29)27-42(39)50-40/h1-27H. The summed E-state index contributed by atoms with van der Waals surface area (Å²) >= 11 is 0. The van der Waals surface area contributed by atoms with Crippen LogP contribution in [0.15, 0.2) is 164 Å². The summed E-state index contributed by atoms with van der Waals surface area (Å²) in [6.45, 7) is 0. The lowest BCUT2D eigenvalue weighted by Crippen LogP contribution is -2.20. The number of hydrogen-bond donors (Lipinski definition) is 0. The molecule has 0 radical (unpaired) electrons. The number of benzene rings is 8. The molecule has 0 unspecified atom stereocenters. The third-order valence-electron chi connectivity index (χ3n) is 9.98. The van der Waals surface area contributed by atoms with Gasteiger partial charge in [0, 0.05) is 22.1 Å². The zero-order valence-corrected chi connectivity index (χ0v) is 27.2. The molecule has 238 valence electrons. The smallest absolute Gasteiger partial charge is 0.160 e. The van der Waals surface area contributed by atoms with E-state index >= 15 is 0 Å². The van der Waals surface area contributed by atoms with E-state index < -0.39 is 0 Å². The number of para-hydroxylation sites is 3. The first kappa shape index (κ1) is 27.9. The van der Waals surface area contributed by atoms with Crippen LogP contribution in [-0.2, 0) is 0 Å². The van der Waals surface area contributed by atoms with Crippen molar-refractivity contribution >= 4 is 49.5 Å². The number of rotatable bonds is 3. The summed E-state index contributed by atoms with van der Waals surface area (Å²) in [7, 11) is 0. The third-order valence-corrected chi connectivity index (χ3v) is 9.98. The third kappa shape index (κ3) is 4.35. The molecule has 51 heavy (non-hydrogen) atoms. The Bertz CT molecular complexity index is 2880. The fourth-order valence-electron chi connectivity index (χ4n) is 7.56. The number of aromatic nitrogens is 2. The van der Waals surface area contributed by atoms with Gasteiger partial charge in [-0.3, -0.25) is 4.90 Å². The van der Waals surface area contributed by atoms with Crippen molar-refractivity contribution in [2.24, 2.45) is 0 Å². The average Bonchev–Trinajstić information content (AvgIpc) is 3.19. The second-order valence-electron chi connectivity index (χ2n) is 13.0. The maximum Gasteiger partial charge on any atom is 0.160 e. The Morgan fingerprint density at radius 1 is 0.431 bits per heavy atom. The topological polar surface area (TPSA) is 47.5 Å². The first-order valence-corrected chi connectivity index (χ1v) is 17.1. The molecule has 0 N–H and O–H groups in total. The second kappa shape index (κ2) is 10.8.